The summed E-state index contributed by atoms with van der Waals surface area (Å²) < 4.78 is 5.50. The van der Waals surface area contributed by atoms with Crippen molar-refractivity contribution in [3.8, 4) is 11.8 Å². The number of carbonyl (C=O) groups is 2. The SMILES string of the molecule is CN(C)C(=O)c1ccc(C#CCNC(=O)c2cc3ccccc3o2)cc1. The van der Waals surface area contributed by atoms with Crippen LogP contribution in [0.5, 0.6) is 0 Å². The molecule has 1 N–H and O–H groups in total. The summed E-state index contributed by atoms with van der Waals surface area (Å²) in [5.41, 5.74) is 2.06. The first-order valence-corrected chi connectivity index (χ1v) is 8.12. The van der Waals surface area contributed by atoms with Gasteiger partial charge in [0.25, 0.3) is 11.8 Å². The second-order valence-corrected chi connectivity index (χ2v) is 5.91. The summed E-state index contributed by atoms with van der Waals surface area (Å²) in [6, 6.07) is 16.2. The molecule has 0 atom stereocenters. The number of rotatable bonds is 3. The maximum Gasteiger partial charge on any atom is 0.287 e. The van der Waals surface area contributed by atoms with Gasteiger partial charge in [-0.15, -0.1) is 0 Å². The van der Waals surface area contributed by atoms with E-state index in [9.17, 15) is 9.59 Å². The lowest BCUT2D eigenvalue weighted by atomic mass is 10.1. The molecule has 2 aromatic carbocycles. The van der Waals surface area contributed by atoms with Crippen LogP contribution in [0, 0.1) is 11.8 Å². The van der Waals surface area contributed by atoms with Crippen molar-refractivity contribution in [3.63, 3.8) is 0 Å². The molecule has 5 heteroatoms. The van der Waals surface area contributed by atoms with Gasteiger partial charge in [0.15, 0.2) is 5.76 Å². The molecule has 0 bridgehead atoms. The first kappa shape index (κ1) is 17.3. The standard InChI is InChI=1S/C21H18N2O3/c1-23(2)21(25)16-11-9-15(10-12-16)6-5-13-22-20(24)19-14-17-7-3-4-8-18(17)26-19/h3-4,7-12,14H,13H2,1-2H3,(H,22,24). The van der Waals surface area contributed by atoms with Crippen LogP contribution < -0.4 is 5.32 Å². The highest BCUT2D eigenvalue weighted by Gasteiger charge is 2.10. The van der Waals surface area contributed by atoms with Crippen LogP contribution in [0.3, 0.4) is 0 Å². The maximum atomic E-state index is 12.1. The van der Waals surface area contributed by atoms with Crippen LogP contribution in [-0.2, 0) is 0 Å². The fourth-order valence-electron chi connectivity index (χ4n) is 2.41. The predicted octanol–water partition coefficient (Wildman–Crippen LogP) is 2.92. The van der Waals surface area contributed by atoms with Crippen molar-refractivity contribution in [3.05, 3.63) is 71.5 Å². The zero-order valence-corrected chi connectivity index (χ0v) is 14.6. The highest BCUT2D eigenvalue weighted by molar-refractivity contribution is 5.96. The number of hydrogen-bond donors (Lipinski definition) is 1. The molecule has 0 radical (unpaired) electrons. The molecule has 3 rings (SSSR count). The van der Waals surface area contributed by atoms with Crippen molar-refractivity contribution >= 4 is 22.8 Å². The normalized spacial score (nSPS) is 10.1. The smallest absolute Gasteiger partial charge is 0.287 e. The molecule has 26 heavy (non-hydrogen) atoms. The number of fused-ring (bicyclic) bond motifs is 1. The summed E-state index contributed by atoms with van der Waals surface area (Å²) in [6.07, 6.45) is 0. The van der Waals surface area contributed by atoms with Crippen molar-refractivity contribution in [2.24, 2.45) is 0 Å². The molecule has 0 spiro atoms. The molecule has 2 amide bonds. The molecular weight excluding hydrogens is 328 g/mol. The van der Waals surface area contributed by atoms with Crippen LogP contribution in [0.2, 0.25) is 0 Å². The molecule has 0 fully saturated rings. The molecule has 0 saturated carbocycles. The van der Waals surface area contributed by atoms with Gasteiger partial charge in [-0.05, 0) is 36.4 Å². The topological polar surface area (TPSA) is 62.6 Å². The van der Waals surface area contributed by atoms with Gasteiger partial charge in [0, 0.05) is 30.6 Å². The van der Waals surface area contributed by atoms with E-state index in [0.717, 1.165) is 10.9 Å². The van der Waals surface area contributed by atoms with E-state index in [1.165, 1.54) is 4.90 Å². The van der Waals surface area contributed by atoms with Crippen LogP contribution in [-0.4, -0.2) is 37.4 Å². The molecule has 3 aromatic rings. The van der Waals surface area contributed by atoms with E-state index in [-0.39, 0.29) is 24.1 Å². The van der Waals surface area contributed by atoms with Gasteiger partial charge in [0.2, 0.25) is 0 Å². The van der Waals surface area contributed by atoms with E-state index in [0.29, 0.717) is 11.1 Å². The van der Waals surface area contributed by atoms with E-state index < -0.39 is 0 Å². The van der Waals surface area contributed by atoms with Crippen molar-refractivity contribution in [2.45, 2.75) is 0 Å². The largest absolute Gasteiger partial charge is 0.451 e. The van der Waals surface area contributed by atoms with Gasteiger partial charge in [-0.3, -0.25) is 9.59 Å². The van der Waals surface area contributed by atoms with Crippen LogP contribution in [0.25, 0.3) is 11.0 Å². The fourth-order valence-corrected chi connectivity index (χ4v) is 2.41. The molecule has 0 aliphatic carbocycles. The van der Waals surface area contributed by atoms with Crippen molar-refractivity contribution in [1.82, 2.24) is 10.2 Å². The molecule has 0 aliphatic rings. The lowest BCUT2D eigenvalue weighted by Gasteiger charge is -2.09. The van der Waals surface area contributed by atoms with E-state index in [1.54, 1.807) is 44.4 Å². The third-order valence-electron chi connectivity index (χ3n) is 3.76. The summed E-state index contributed by atoms with van der Waals surface area (Å²) >= 11 is 0. The average molecular weight is 346 g/mol. The van der Waals surface area contributed by atoms with Crippen LogP contribution in [0.4, 0.5) is 0 Å². The summed E-state index contributed by atoms with van der Waals surface area (Å²) in [7, 11) is 3.42. The van der Waals surface area contributed by atoms with Gasteiger partial charge < -0.3 is 14.6 Å². The van der Waals surface area contributed by atoms with Gasteiger partial charge in [-0.1, -0.05) is 30.0 Å². The van der Waals surface area contributed by atoms with E-state index in [1.807, 2.05) is 24.3 Å². The predicted molar refractivity (Wildman–Crippen MR) is 99.9 cm³/mol. The Morgan fingerprint density at radius 2 is 1.81 bits per heavy atom. The number of benzene rings is 2. The molecule has 0 saturated heterocycles. The Morgan fingerprint density at radius 1 is 1.08 bits per heavy atom. The first-order chi connectivity index (χ1) is 12.5. The third-order valence-corrected chi connectivity index (χ3v) is 3.76. The van der Waals surface area contributed by atoms with E-state index in [4.69, 9.17) is 4.42 Å². The van der Waals surface area contributed by atoms with Crippen LogP contribution in [0.1, 0.15) is 26.5 Å². The van der Waals surface area contributed by atoms with Crippen LogP contribution >= 0.6 is 0 Å². The quantitative estimate of drug-likeness (QED) is 0.742. The van der Waals surface area contributed by atoms with Crippen molar-refractivity contribution in [1.29, 1.82) is 0 Å². The summed E-state index contributed by atoms with van der Waals surface area (Å²) in [4.78, 5) is 25.4. The molecule has 0 unspecified atom stereocenters. The van der Waals surface area contributed by atoms with Crippen molar-refractivity contribution < 1.29 is 14.0 Å². The summed E-state index contributed by atoms with van der Waals surface area (Å²) in [6.45, 7) is 0.203. The lowest BCUT2D eigenvalue weighted by molar-refractivity contribution is 0.0827. The number of furan rings is 1. The number of para-hydroxylation sites is 1. The zero-order valence-electron chi connectivity index (χ0n) is 14.6. The number of nitrogens with zero attached hydrogens (tertiary/aromatic N) is 1. The monoisotopic (exact) mass is 346 g/mol. The Morgan fingerprint density at radius 3 is 2.50 bits per heavy atom. The zero-order chi connectivity index (χ0) is 18.5. The Kier molecular flexibility index (Phi) is 5.04. The minimum atomic E-state index is -0.303. The molecule has 1 heterocycles. The highest BCUT2D eigenvalue weighted by Crippen LogP contribution is 2.18. The number of amides is 2. The molecule has 1 aromatic heterocycles. The Labute approximate surface area is 151 Å². The van der Waals surface area contributed by atoms with E-state index in [2.05, 4.69) is 17.2 Å². The van der Waals surface area contributed by atoms with E-state index >= 15 is 0 Å². The minimum Gasteiger partial charge on any atom is -0.451 e. The Bertz CT molecular complexity index is 972. The van der Waals surface area contributed by atoms with Gasteiger partial charge in [0.05, 0.1) is 6.54 Å². The number of hydrogen-bond acceptors (Lipinski definition) is 3. The van der Waals surface area contributed by atoms with Crippen molar-refractivity contribution in [2.75, 3.05) is 20.6 Å². The Hall–Kier alpha value is -3.52. The second-order valence-electron chi connectivity index (χ2n) is 5.91. The maximum absolute atomic E-state index is 12.1. The van der Waals surface area contributed by atoms with Crippen LogP contribution in [0.15, 0.2) is 59.0 Å². The summed E-state index contributed by atoms with van der Waals surface area (Å²) in [5, 5.41) is 3.59. The highest BCUT2D eigenvalue weighted by atomic mass is 16.3. The van der Waals surface area contributed by atoms with Gasteiger partial charge in [-0.25, -0.2) is 0 Å². The first-order valence-electron chi connectivity index (χ1n) is 8.12. The average Bonchev–Trinajstić information content (AvgIpc) is 3.09. The molecule has 130 valence electrons. The second kappa shape index (κ2) is 7.58. The minimum absolute atomic E-state index is 0.0531. The molecule has 0 aliphatic heterocycles. The lowest BCUT2D eigenvalue weighted by Crippen LogP contribution is -2.23. The Balaban J connectivity index is 1.58. The third kappa shape index (κ3) is 3.93. The number of nitrogens with one attached hydrogen (secondary N) is 1. The van der Waals surface area contributed by atoms with Gasteiger partial charge in [-0.2, -0.15) is 0 Å². The number of carbonyl (C=O) groups excluding carboxylic acids is 2. The van der Waals surface area contributed by atoms with Gasteiger partial charge >= 0.3 is 0 Å². The fraction of sp³-hybridized carbons (Fsp3) is 0.143. The molecular formula is C21H18N2O3. The van der Waals surface area contributed by atoms with Gasteiger partial charge in [0.1, 0.15) is 5.58 Å². The summed E-state index contributed by atoms with van der Waals surface area (Å²) in [5.74, 6) is 5.75. The molecule has 5 nitrogen and oxygen atoms in total.